The summed E-state index contributed by atoms with van der Waals surface area (Å²) in [4.78, 5) is 40.3. The summed E-state index contributed by atoms with van der Waals surface area (Å²) >= 11 is 6.11. The molecule has 0 aliphatic carbocycles. The zero-order valence-electron chi connectivity index (χ0n) is 19.7. The number of imidazole rings is 2. The van der Waals surface area contributed by atoms with Gasteiger partial charge in [-0.3, -0.25) is 4.79 Å². The van der Waals surface area contributed by atoms with Crippen LogP contribution < -0.4 is 5.69 Å². The van der Waals surface area contributed by atoms with Crippen LogP contribution in [-0.4, -0.2) is 57.0 Å². The van der Waals surface area contributed by atoms with E-state index in [-0.39, 0.29) is 34.3 Å². The Hall–Kier alpha value is -4.58. The van der Waals surface area contributed by atoms with E-state index < -0.39 is 5.82 Å². The van der Waals surface area contributed by atoms with Gasteiger partial charge in [-0.15, -0.1) is 5.10 Å². The van der Waals surface area contributed by atoms with Crippen LogP contribution in [0.2, 0.25) is 5.02 Å². The molecule has 3 aromatic heterocycles. The van der Waals surface area contributed by atoms with E-state index in [1.54, 1.807) is 12.3 Å². The van der Waals surface area contributed by atoms with Crippen LogP contribution in [0.4, 0.5) is 4.39 Å². The van der Waals surface area contributed by atoms with Gasteiger partial charge in [0.2, 0.25) is 5.91 Å². The van der Waals surface area contributed by atoms with Crippen molar-refractivity contribution in [2.75, 3.05) is 0 Å². The number of benzene rings is 2. The first-order chi connectivity index (χ1) is 18.5. The van der Waals surface area contributed by atoms with Gasteiger partial charge < -0.3 is 19.9 Å². The third-order valence-corrected chi connectivity index (χ3v) is 7.53. The molecule has 5 heterocycles. The van der Waals surface area contributed by atoms with Crippen LogP contribution in [0.1, 0.15) is 36.7 Å². The fraction of sp³-hybridized carbons (Fsp3) is 0.200. The number of hydrogen-bond acceptors (Lipinski definition) is 6. The van der Waals surface area contributed by atoms with Gasteiger partial charge in [0.05, 0.1) is 39.7 Å². The molecule has 0 saturated carbocycles. The lowest BCUT2D eigenvalue weighted by Gasteiger charge is -2.33. The number of tetrazole rings is 1. The maximum atomic E-state index is 15.3. The molecule has 3 N–H and O–H groups in total. The van der Waals surface area contributed by atoms with Crippen molar-refractivity contribution < 1.29 is 9.18 Å². The number of rotatable bonds is 4. The van der Waals surface area contributed by atoms with Crippen LogP contribution in [-0.2, 0) is 4.79 Å². The van der Waals surface area contributed by atoms with Crippen molar-refractivity contribution >= 4 is 34.1 Å². The minimum absolute atomic E-state index is 0.0399. The van der Waals surface area contributed by atoms with Crippen LogP contribution in [0.15, 0.2) is 53.7 Å². The normalized spacial score (nSPS) is 19.3. The molecule has 2 atom stereocenters. The molecule has 2 aromatic carbocycles. The number of hydrogen-bond donors (Lipinski definition) is 3. The van der Waals surface area contributed by atoms with E-state index in [1.165, 1.54) is 23.2 Å². The Morgan fingerprint density at radius 2 is 1.92 bits per heavy atom. The van der Waals surface area contributed by atoms with Crippen molar-refractivity contribution in [2.24, 2.45) is 0 Å². The van der Waals surface area contributed by atoms with Gasteiger partial charge in [-0.05, 0) is 59.5 Å². The van der Waals surface area contributed by atoms with Crippen LogP contribution in [0, 0.1) is 5.82 Å². The third-order valence-electron chi connectivity index (χ3n) is 7.24. The van der Waals surface area contributed by atoms with Crippen molar-refractivity contribution in [1.82, 2.24) is 45.0 Å². The molecule has 1 amide bonds. The minimum atomic E-state index is -0.613. The summed E-state index contributed by atoms with van der Waals surface area (Å²) in [6.45, 7) is 0. The number of aromatic amines is 3. The molecular formula is C25H19ClFN9O2. The molecule has 5 aromatic rings. The number of carbonyl (C=O) groups excluding carboxylic acids is 1. The maximum Gasteiger partial charge on any atom is 0.323 e. The number of nitrogens with one attached hydrogen (secondary N) is 3. The van der Waals surface area contributed by atoms with E-state index >= 15 is 4.39 Å². The summed E-state index contributed by atoms with van der Waals surface area (Å²) in [5, 5.41) is 11.1. The lowest BCUT2D eigenvalue weighted by Crippen LogP contribution is -2.39. The Bertz CT molecular complexity index is 1800. The summed E-state index contributed by atoms with van der Waals surface area (Å²) in [5.74, 6) is -0.151. The molecule has 13 heteroatoms. The number of carbonyl (C=O) groups is 1. The molecule has 38 heavy (non-hydrogen) atoms. The zero-order chi connectivity index (χ0) is 26.0. The molecule has 190 valence electrons. The largest absolute Gasteiger partial charge is 0.340 e. The van der Waals surface area contributed by atoms with E-state index in [9.17, 15) is 9.59 Å². The number of nitrogens with zero attached hydrogens (tertiary/aromatic N) is 6. The van der Waals surface area contributed by atoms with Crippen LogP contribution in [0.3, 0.4) is 0 Å². The first-order valence-corrected chi connectivity index (χ1v) is 12.4. The second-order valence-corrected chi connectivity index (χ2v) is 9.80. The average Bonchev–Trinajstić information content (AvgIpc) is 3.70. The van der Waals surface area contributed by atoms with Gasteiger partial charge in [0.25, 0.3) is 0 Å². The molecular weight excluding hydrogens is 513 g/mol. The van der Waals surface area contributed by atoms with Crippen LogP contribution in [0.5, 0.6) is 0 Å². The van der Waals surface area contributed by atoms with Gasteiger partial charge >= 0.3 is 5.69 Å². The third kappa shape index (κ3) is 3.56. The number of amides is 1. The molecule has 1 saturated heterocycles. The molecule has 0 bridgehead atoms. The Kier molecular flexibility index (Phi) is 5.05. The minimum Gasteiger partial charge on any atom is -0.340 e. The lowest BCUT2D eigenvalue weighted by molar-refractivity contribution is -0.129. The summed E-state index contributed by atoms with van der Waals surface area (Å²) < 4.78 is 16.7. The van der Waals surface area contributed by atoms with E-state index in [2.05, 4.69) is 35.5 Å². The van der Waals surface area contributed by atoms with E-state index in [0.29, 0.717) is 35.4 Å². The molecule has 0 unspecified atom stereocenters. The zero-order valence-corrected chi connectivity index (χ0v) is 20.4. The van der Waals surface area contributed by atoms with Crippen molar-refractivity contribution in [3.8, 4) is 16.9 Å². The van der Waals surface area contributed by atoms with E-state index in [0.717, 1.165) is 23.2 Å². The van der Waals surface area contributed by atoms with Gasteiger partial charge in [-0.25, -0.2) is 14.2 Å². The fourth-order valence-corrected chi connectivity index (χ4v) is 5.71. The standard InChI is InChI=1S/C25H19ClFN9O2/c26-15-3-6-19(35-11-29-33-34-35)22(23(15)27)13-7-14-2-5-20(36(14)21(37)9-13)24-28-10-18(30-24)12-1-4-16-17(8-12)32-25(38)31-16/h1,3-4,6,8-11,14,20H,2,5,7H2,(H,28,30)(H2,31,32,38)/t14-,20+/m1/s1. The Labute approximate surface area is 218 Å². The Morgan fingerprint density at radius 3 is 2.76 bits per heavy atom. The lowest BCUT2D eigenvalue weighted by atomic mass is 9.92. The average molecular weight is 532 g/mol. The summed E-state index contributed by atoms with van der Waals surface area (Å²) in [5.41, 5.74) is 3.98. The van der Waals surface area contributed by atoms with Crippen molar-refractivity contribution in [1.29, 1.82) is 0 Å². The second kappa shape index (κ2) is 8.48. The topological polar surface area (TPSA) is 141 Å². The van der Waals surface area contributed by atoms with Crippen molar-refractivity contribution in [3.05, 3.63) is 81.6 Å². The SMILES string of the molecule is O=C1C=C(c2c(-n3cnnn3)ccc(Cl)c2F)C[C@H]2CC[C@@H](c3ncc(-c4ccc5[nH]c(=O)[nH]c5c4)[nH]3)N12. The number of halogens is 2. The summed E-state index contributed by atoms with van der Waals surface area (Å²) in [6, 6.07) is 8.31. The summed E-state index contributed by atoms with van der Waals surface area (Å²) in [7, 11) is 0. The highest BCUT2D eigenvalue weighted by Gasteiger charge is 2.42. The number of fused-ring (bicyclic) bond motifs is 2. The van der Waals surface area contributed by atoms with Crippen molar-refractivity contribution in [3.63, 3.8) is 0 Å². The van der Waals surface area contributed by atoms with Gasteiger partial charge in [0.15, 0.2) is 5.82 Å². The highest BCUT2D eigenvalue weighted by Crippen LogP contribution is 2.44. The molecule has 2 aliphatic heterocycles. The first-order valence-electron chi connectivity index (χ1n) is 12.0. The van der Waals surface area contributed by atoms with Crippen molar-refractivity contribution in [2.45, 2.75) is 31.3 Å². The fourth-order valence-electron chi connectivity index (χ4n) is 5.56. The smallest absolute Gasteiger partial charge is 0.323 e. The Balaban J connectivity index is 1.21. The molecule has 7 rings (SSSR count). The second-order valence-electron chi connectivity index (χ2n) is 9.40. The van der Waals surface area contributed by atoms with E-state index in [4.69, 9.17) is 11.6 Å². The van der Waals surface area contributed by atoms with Crippen LogP contribution >= 0.6 is 11.6 Å². The van der Waals surface area contributed by atoms with Crippen LogP contribution in [0.25, 0.3) is 33.6 Å². The molecule has 2 aliphatic rings. The summed E-state index contributed by atoms with van der Waals surface area (Å²) in [6.07, 6.45) is 6.48. The highest BCUT2D eigenvalue weighted by molar-refractivity contribution is 6.31. The quantitative estimate of drug-likeness (QED) is 0.324. The van der Waals surface area contributed by atoms with Gasteiger partial charge in [0, 0.05) is 23.2 Å². The number of H-pyrrole nitrogens is 3. The monoisotopic (exact) mass is 531 g/mol. The molecule has 11 nitrogen and oxygen atoms in total. The van der Waals surface area contributed by atoms with E-state index in [1.807, 2.05) is 23.1 Å². The number of aromatic nitrogens is 8. The molecule has 1 fully saturated rings. The van der Waals surface area contributed by atoms with Gasteiger partial charge in [-0.2, -0.15) is 4.68 Å². The van der Waals surface area contributed by atoms with Gasteiger partial charge in [0.1, 0.15) is 12.2 Å². The predicted molar refractivity (Wildman–Crippen MR) is 136 cm³/mol. The molecule has 0 spiro atoms. The first kappa shape index (κ1) is 22.6. The molecule has 0 radical (unpaired) electrons. The Morgan fingerprint density at radius 1 is 1.05 bits per heavy atom. The predicted octanol–water partition coefficient (Wildman–Crippen LogP) is 3.53. The van der Waals surface area contributed by atoms with Gasteiger partial charge in [-0.1, -0.05) is 17.7 Å². The highest BCUT2D eigenvalue weighted by atomic mass is 35.5. The maximum absolute atomic E-state index is 15.3.